The van der Waals surface area contributed by atoms with Crippen LogP contribution in [0.2, 0.25) is 0 Å². The minimum atomic E-state index is -0.852. The molecule has 0 aromatic rings. The molecule has 236 valence electrons. The molecular weight excluding hydrogens is 544 g/mol. The lowest BCUT2D eigenvalue weighted by molar-refractivity contribution is 0.00717. The highest BCUT2D eigenvalue weighted by Gasteiger charge is 2.38. The zero-order valence-corrected chi connectivity index (χ0v) is 28.3. The van der Waals surface area contributed by atoms with Crippen molar-refractivity contribution in [2.45, 2.75) is 106 Å². The van der Waals surface area contributed by atoms with E-state index in [1.165, 1.54) is 0 Å². The van der Waals surface area contributed by atoms with Crippen molar-refractivity contribution in [3.63, 3.8) is 0 Å². The van der Waals surface area contributed by atoms with Crippen LogP contribution in [0, 0.1) is 34.5 Å². The molecule has 4 heteroatoms. The Labute approximate surface area is 266 Å². The highest BCUT2D eigenvalue weighted by molar-refractivity contribution is 5.47. The van der Waals surface area contributed by atoms with Crippen molar-refractivity contribution >= 4 is 0 Å². The summed E-state index contributed by atoms with van der Waals surface area (Å²) >= 11 is 0. The van der Waals surface area contributed by atoms with Gasteiger partial charge in [-0.1, -0.05) is 123 Å². The normalized spacial score (nSPS) is 26.8. The molecule has 0 aliphatic heterocycles. The lowest BCUT2D eigenvalue weighted by Gasteiger charge is -2.37. The van der Waals surface area contributed by atoms with Crippen LogP contribution < -0.4 is 0 Å². The maximum absolute atomic E-state index is 10.2. The molecule has 0 saturated heterocycles. The first-order valence-electron chi connectivity index (χ1n) is 15.4. The predicted molar refractivity (Wildman–Crippen MR) is 184 cm³/mol. The van der Waals surface area contributed by atoms with Crippen LogP contribution >= 0.6 is 0 Å². The van der Waals surface area contributed by atoms with E-state index in [2.05, 4.69) is 51.4 Å². The van der Waals surface area contributed by atoms with Crippen LogP contribution in [0.5, 0.6) is 0 Å². The van der Waals surface area contributed by atoms with E-state index in [9.17, 15) is 20.4 Å². The van der Waals surface area contributed by atoms with Crippen molar-refractivity contribution in [1.29, 1.82) is 0 Å². The molecule has 0 fully saturated rings. The first-order chi connectivity index (χ1) is 20.5. The van der Waals surface area contributed by atoms with Gasteiger partial charge in [-0.15, -0.1) is 0 Å². The number of aliphatic hydroxyl groups excluding tert-OH is 4. The number of rotatable bonds is 6. The highest BCUT2D eigenvalue weighted by Crippen LogP contribution is 2.41. The number of hydrogen-bond acceptors (Lipinski definition) is 4. The molecule has 0 radical (unpaired) electrons. The van der Waals surface area contributed by atoms with Gasteiger partial charge < -0.3 is 20.4 Å². The molecule has 0 bridgehead atoms. The predicted octanol–water partition coefficient (Wildman–Crippen LogP) is 7.38. The van der Waals surface area contributed by atoms with Gasteiger partial charge in [0.1, 0.15) is 12.2 Å². The summed E-state index contributed by atoms with van der Waals surface area (Å²) in [5.41, 5.74) is 6.83. The second-order valence-electron chi connectivity index (χ2n) is 13.4. The van der Waals surface area contributed by atoms with Gasteiger partial charge >= 0.3 is 0 Å². The molecule has 0 aromatic carbocycles. The van der Waals surface area contributed by atoms with Crippen molar-refractivity contribution in [3.05, 3.63) is 105 Å². The Morgan fingerprint density at radius 2 is 0.932 bits per heavy atom. The maximum Gasteiger partial charge on any atom is 0.102 e. The molecule has 2 rings (SSSR count). The van der Waals surface area contributed by atoms with Gasteiger partial charge in [0, 0.05) is 22.0 Å². The van der Waals surface area contributed by atoms with Crippen LogP contribution in [-0.4, -0.2) is 44.8 Å². The molecule has 0 aromatic heterocycles. The standard InChI is InChI=1S/C40H52O4/c1-27(17-13-19-29(3)21-23-33-31(5)37(43)35(41)25-39(33,7)8)15-11-12-16-28(2)18-14-20-30(4)22-24-34-32(6)38(44)36(42)26-40(34,9)10/h11-20,35-38,41-44H,25-26H2,1-10H3/b12-11+,17-13+,18-14+,27-15+,28-16+,29-19+,30-20+/t35-,36-,37-,38-/m0/s1. The Kier molecular flexibility index (Phi) is 13.5. The van der Waals surface area contributed by atoms with Gasteiger partial charge in [-0.2, -0.15) is 0 Å². The maximum atomic E-state index is 10.2. The molecule has 2 aliphatic rings. The van der Waals surface area contributed by atoms with Gasteiger partial charge in [0.2, 0.25) is 0 Å². The van der Waals surface area contributed by atoms with Crippen LogP contribution in [-0.2, 0) is 0 Å². The zero-order valence-electron chi connectivity index (χ0n) is 28.3. The first-order valence-corrected chi connectivity index (χ1v) is 15.4. The fraction of sp³-hybridized carbons (Fsp3) is 0.450. The molecule has 44 heavy (non-hydrogen) atoms. The van der Waals surface area contributed by atoms with Gasteiger partial charge in [-0.05, 0) is 76.7 Å². The topological polar surface area (TPSA) is 80.9 Å². The Balaban J connectivity index is 1.97. The van der Waals surface area contributed by atoms with Gasteiger partial charge in [0.25, 0.3) is 0 Å². The summed E-state index contributed by atoms with van der Waals surface area (Å²) in [4.78, 5) is 0. The van der Waals surface area contributed by atoms with E-state index in [4.69, 9.17) is 0 Å². The summed E-state index contributed by atoms with van der Waals surface area (Å²) in [6.45, 7) is 19.9. The molecule has 0 heterocycles. The Morgan fingerprint density at radius 3 is 1.27 bits per heavy atom. The van der Waals surface area contributed by atoms with Crippen molar-refractivity contribution in [3.8, 4) is 23.7 Å². The molecule has 0 spiro atoms. The molecule has 0 saturated carbocycles. The van der Waals surface area contributed by atoms with Gasteiger partial charge in [0.15, 0.2) is 0 Å². The summed E-state index contributed by atoms with van der Waals surface area (Å²) in [6.07, 6.45) is 17.9. The Morgan fingerprint density at radius 1 is 0.591 bits per heavy atom. The van der Waals surface area contributed by atoms with Crippen LogP contribution in [0.15, 0.2) is 105 Å². The number of hydrogen-bond donors (Lipinski definition) is 4. The minimum absolute atomic E-state index is 0.271. The van der Waals surface area contributed by atoms with Crippen molar-refractivity contribution < 1.29 is 20.4 Å². The molecule has 0 unspecified atom stereocenters. The quantitative estimate of drug-likeness (QED) is 0.191. The molecular formula is C40H52O4. The average molecular weight is 597 g/mol. The van der Waals surface area contributed by atoms with Gasteiger partial charge in [-0.25, -0.2) is 0 Å². The van der Waals surface area contributed by atoms with E-state index in [1.807, 2.05) is 102 Å². The third-order valence-corrected chi connectivity index (χ3v) is 8.21. The summed E-state index contributed by atoms with van der Waals surface area (Å²) in [6, 6.07) is 0. The van der Waals surface area contributed by atoms with E-state index in [0.717, 1.165) is 44.6 Å². The van der Waals surface area contributed by atoms with E-state index < -0.39 is 24.4 Å². The smallest absolute Gasteiger partial charge is 0.102 e. The van der Waals surface area contributed by atoms with Crippen molar-refractivity contribution in [2.75, 3.05) is 0 Å². The Hall–Kier alpha value is -3.38. The fourth-order valence-electron chi connectivity index (χ4n) is 5.57. The van der Waals surface area contributed by atoms with Crippen LogP contribution in [0.4, 0.5) is 0 Å². The fourth-order valence-corrected chi connectivity index (χ4v) is 5.57. The number of aliphatic hydroxyl groups is 4. The van der Waals surface area contributed by atoms with Crippen molar-refractivity contribution in [1.82, 2.24) is 0 Å². The minimum Gasteiger partial charge on any atom is -0.390 e. The van der Waals surface area contributed by atoms with Crippen LogP contribution in [0.1, 0.15) is 82.1 Å². The third kappa shape index (κ3) is 10.7. The highest BCUT2D eigenvalue weighted by atomic mass is 16.3. The molecule has 4 N–H and O–H groups in total. The van der Waals surface area contributed by atoms with Gasteiger partial charge in [-0.3, -0.25) is 0 Å². The molecule has 0 amide bonds. The summed E-state index contributed by atoms with van der Waals surface area (Å²) in [5.74, 6) is 12.9. The van der Waals surface area contributed by atoms with Crippen LogP contribution in [0.25, 0.3) is 0 Å². The molecule has 4 nitrogen and oxygen atoms in total. The average Bonchev–Trinajstić information content (AvgIpc) is 2.92. The van der Waals surface area contributed by atoms with Crippen molar-refractivity contribution in [2.24, 2.45) is 10.8 Å². The Bertz CT molecular complexity index is 1360. The van der Waals surface area contributed by atoms with E-state index in [0.29, 0.717) is 12.8 Å². The van der Waals surface area contributed by atoms with E-state index in [1.54, 1.807) is 0 Å². The summed E-state index contributed by atoms with van der Waals surface area (Å²) < 4.78 is 0. The second-order valence-corrected chi connectivity index (χ2v) is 13.4. The van der Waals surface area contributed by atoms with Gasteiger partial charge in [0.05, 0.1) is 12.2 Å². The number of allylic oxidation sites excluding steroid dienone is 16. The third-order valence-electron chi connectivity index (χ3n) is 8.21. The first kappa shape index (κ1) is 36.8. The monoisotopic (exact) mass is 596 g/mol. The lowest BCUT2D eigenvalue weighted by Crippen LogP contribution is -2.39. The zero-order chi connectivity index (χ0) is 33.2. The van der Waals surface area contributed by atoms with Crippen LogP contribution in [0.3, 0.4) is 0 Å². The lowest BCUT2D eigenvalue weighted by atomic mass is 9.71. The summed E-state index contributed by atoms with van der Waals surface area (Å²) in [7, 11) is 0. The van der Waals surface area contributed by atoms with E-state index in [-0.39, 0.29) is 10.8 Å². The van der Waals surface area contributed by atoms with E-state index >= 15 is 0 Å². The second kappa shape index (κ2) is 16.1. The SMILES string of the molecule is CC1=C(C#C/C(C)=C/C=C/C(C)=C/C=C/C=C(C)/C=C/C=C(\C)C#CC2=C(C)[C@H](O)[C@@H](O)CC2(C)C)C(C)(C)C[C@H](O)[C@H]1O. The molecule has 2 aliphatic carbocycles. The largest absolute Gasteiger partial charge is 0.390 e. The molecule has 4 atom stereocenters. The summed E-state index contributed by atoms with van der Waals surface area (Å²) in [5, 5.41) is 40.7.